The van der Waals surface area contributed by atoms with Crippen molar-refractivity contribution in [2.75, 3.05) is 7.11 Å². The van der Waals surface area contributed by atoms with E-state index in [0.717, 1.165) is 6.08 Å². The quantitative estimate of drug-likeness (QED) is 0.867. The molecule has 2 rings (SSSR count). The Labute approximate surface area is 117 Å². The number of hydrogen-bond donors (Lipinski definition) is 0. The van der Waals surface area contributed by atoms with Crippen molar-refractivity contribution >= 4 is 15.9 Å². The van der Waals surface area contributed by atoms with Crippen LogP contribution in [0.4, 0.5) is 4.39 Å². The molecule has 0 unspecified atom stereocenters. The van der Waals surface area contributed by atoms with E-state index in [1.54, 1.807) is 42.5 Å². The molecule has 2 aromatic carbocycles. The number of rotatable bonds is 4. The van der Waals surface area contributed by atoms with Crippen molar-refractivity contribution in [3.63, 3.8) is 0 Å². The third kappa shape index (κ3) is 3.05. The first kappa shape index (κ1) is 14.3. The minimum Gasteiger partial charge on any atom is -0.497 e. The van der Waals surface area contributed by atoms with Crippen molar-refractivity contribution in [1.82, 2.24) is 0 Å². The minimum atomic E-state index is -4.09. The maximum Gasteiger partial charge on any atom is 0.233 e. The third-order valence-electron chi connectivity index (χ3n) is 2.71. The highest BCUT2D eigenvalue weighted by molar-refractivity contribution is 7.95. The van der Waals surface area contributed by atoms with Crippen LogP contribution in [-0.2, 0) is 9.84 Å². The lowest BCUT2D eigenvalue weighted by atomic mass is 10.2. The van der Waals surface area contributed by atoms with Gasteiger partial charge in [-0.15, -0.1) is 0 Å². The minimum absolute atomic E-state index is 0.0674. The van der Waals surface area contributed by atoms with Gasteiger partial charge < -0.3 is 4.74 Å². The highest BCUT2D eigenvalue weighted by atomic mass is 32.2. The molecule has 0 saturated heterocycles. The van der Waals surface area contributed by atoms with Gasteiger partial charge in [0.25, 0.3) is 0 Å². The molecule has 0 radical (unpaired) electrons. The molecule has 0 aromatic heterocycles. The van der Waals surface area contributed by atoms with Crippen molar-refractivity contribution in [3.05, 3.63) is 65.3 Å². The average molecular weight is 292 g/mol. The normalized spacial score (nSPS) is 12.2. The lowest BCUT2D eigenvalue weighted by molar-refractivity contribution is 0.415. The Bertz CT molecular complexity index is 705. The molecule has 0 saturated carbocycles. The highest BCUT2D eigenvalue weighted by Crippen LogP contribution is 2.23. The summed E-state index contributed by atoms with van der Waals surface area (Å²) in [6.45, 7) is 0. The summed E-state index contributed by atoms with van der Waals surface area (Å²) in [4.78, 5) is -0.0674. The summed E-state index contributed by atoms with van der Waals surface area (Å²) >= 11 is 0. The molecule has 20 heavy (non-hydrogen) atoms. The first-order chi connectivity index (χ1) is 9.54. The van der Waals surface area contributed by atoms with Crippen LogP contribution in [0.15, 0.2) is 64.7 Å². The van der Waals surface area contributed by atoms with Crippen LogP contribution in [0.1, 0.15) is 5.56 Å². The topological polar surface area (TPSA) is 43.4 Å². The highest BCUT2D eigenvalue weighted by Gasteiger charge is 2.20. The Hall–Kier alpha value is -2.14. The van der Waals surface area contributed by atoms with E-state index < -0.39 is 15.0 Å². The zero-order chi connectivity index (χ0) is 14.6. The summed E-state index contributed by atoms with van der Waals surface area (Å²) < 4.78 is 42.9. The van der Waals surface area contributed by atoms with Gasteiger partial charge in [-0.25, -0.2) is 8.42 Å². The van der Waals surface area contributed by atoms with Crippen LogP contribution in [0.2, 0.25) is 0 Å². The van der Waals surface area contributed by atoms with Crippen molar-refractivity contribution in [2.24, 2.45) is 0 Å². The molecule has 0 amide bonds. The van der Waals surface area contributed by atoms with Crippen LogP contribution in [0.25, 0.3) is 6.08 Å². The summed E-state index contributed by atoms with van der Waals surface area (Å²) in [5, 5.41) is -1.19. The van der Waals surface area contributed by atoms with Crippen molar-refractivity contribution in [2.45, 2.75) is 4.90 Å². The van der Waals surface area contributed by atoms with Crippen LogP contribution in [0.3, 0.4) is 0 Å². The second-order valence-electron chi connectivity index (χ2n) is 4.04. The molecule has 0 aliphatic heterocycles. The van der Waals surface area contributed by atoms with E-state index in [1.165, 1.54) is 19.2 Å². The van der Waals surface area contributed by atoms with Gasteiger partial charge in [0.2, 0.25) is 15.0 Å². The molecule has 0 aliphatic carbocycles. The second kappa shape index (κ2) is 5.88. The van der Waals surface area contributed by atoms with Crippen LogP contribution in [-0.4, -0.2) is 15.5 Å². The second-order valence-corrected chi connectivity index (χ2v) is 5.91. The Morgan fingerprint density at radius 3 is 2.20 bits per heavy atom. The van der Waals surface area contributed by atoms with Crippen LogP contribution >= 0.6 is 0 Å². The SMILES string of the molecule is COc1ccc(/C=C(\F)S(=O)(=O)c2ccccc2)cc1. The van der Waals surface area contributed by atoms with Crippen molar-refractivity contribution in [1.29, 1.82) is 0 Å². The lowest BCUT2D eigenvalue weighted by Crippen LogP contribution is -2.00. The monoisotopic (exact) mass is 292 g/mol. The fraction of sp³-hybridized carbons (Fsp3) is 0.0667. The first-order valence-electron chi connectivity index (χ1n) is 5.85. The summed E-state index contributed by atoms with van der Waals surface area (Å²) in [6, 6.07) is 13.9. The molecule has 3 nitrogen and oxygen atoms in total. The molecule has 0 aliphatic rings. The molecule has 0 fully saturated rings. The first-order valence-corrected chi connectivity index (χ1v) is 7.34. The van der Waals surface area contributed by atoms with Gasteiger partial charge in [-0.3, -0.25) is 0 Å². The largest absolute Gasteiger partial charge is 0.497 e. The van der Waals surface area contributed by atoms with E-state index in [0.29, 0.717) is 11.3 Å². The van der Waals surface area contributed by atoms with Crippen LogP contribution in [0.5, 0.6) is 5.75 Å². The Balaban J connectivity index is 2.34. The molecule has 2 aromatic rings. The molecule has 5 heteroatoms. The third-order valence-corrected chi connectivity index (χ3v) is 4.23. The maximum atomic E-state index is 14.0. The molecule has 0 heterocycles. The van der Waals surface area contributed by atoms with Gasteiger partial charge in [-0.05, 0) is 35.9 Å². The van der Waals surface area contributed by atoms with Gasteiger partial charge in [-0.2, -0.15) is 4.39 Å². The van der Waals surface area contributed by atoms with Crippen molar-refractivity contribution in [3.8, 4) is 5.75 Å². The van der Waals surface area contributed by atoms with E-state index in [-0.39, 0.29) is 4.90 Å². The number of sulfone groups is 1. The van der Waals surface area contributed by atoms with Gasteiger partial charge in [0.1, 0.15) is 5.75 Å². The smallest absolute Gasteiger partial charge is 0.233 e. The zero-order valence-corrected chi connectivity index (χ0v) is 11.6. The standard InChI is InChI=1S/C15H13FO3S/c1-19-13-9-7-12(8-10-13)11-15(16)20(17,18)14-5-3-2-4-6-14/h2-11H,1H3/b15-11+. The summed E-state index contributed by atoms with van der Waals surface area (Å²) in [6.07, 6.45) is 0.988. The Morgan fingerprint density at radius 2 is 1.65 bits per heavy atom. The van der Waals surface area contributed by atoms with Crippen molar-refractivity contribution < 1.29 is 17.5 Å². The molecule has 0 spiro atoms. The van der Waals surface area contributed by atoms with Gasteiger partial charge in [0.05, 0.1) is 12.0 Å². The van der Waals surface area contributed by atoms with E-state index in [1.807, 2.05) is 0 Å². The molecule has 104 valence electrons. The maximum absolute atomic E-state index is 14.0. The summed E-state index contributed by atoms with van der Waals surface area (Å²) in [5.74, 6) is 0.619. The van der Waals surface area contributed by atoms with E-state index in [2.05, 4.69) is 0 Å². The zero-order valence-electron chi connectivity index (χ0n) is 10.8. The predicted molar refractivity (Wildman–Crippen MR) is 75.7 cm³/mol. The van der Waals surface area contributed by atoms with Gasteiger partial charge in [-0.1, -0.05) is 30.3 Å². The van der Waals surface area contributed by atoms with Gasteiger partial charge in [0, 0.05) is 0 Å². The average Bonchev–Trinajstić information content (AvgIpc) is 2.49. The van der Waals surface area contributed by atoms with Gasteiger partial charge in [0.15, 0.2) is 0 Å². The molecular weight excluding hydrogens is 279 g/mol. The number of benzene rings is 2. The fourth-order valence-corrected chi connectivity index (χ4v) is 2.65. The number of ether oxygens (including phenoxy) is 1. The summed E-state index contributed by atoms with van der Waals surface area (Å²) in [5.41, 5.74) is 0.447. The summed E-state index contributed by atoms with van der Waals surface area (Å²) in [7, 11) is -2.57. The molecular formula is C15H13FO3S. The Kier molecular flexibility index (Phi) is 4.20. The number of halogens is 1. The predicted octanol–water partition coefficient (Wildman–Crippen LogP) is 3.44. The van der Waals surface area contributed by atoms with Crippen LogP contribution in [0, 0.1) is 0 Å². The van der Waals surface area contributed by atoms with Gasteiger partial charge >= 0.3 is 0 Å². The Morgan fingerprint density at radius 1 is 1.05 bits per heavy atom. The fourth-order valence-electron chi connectivity index (χ4n) is 1.62. The molecule has 0 N–H and O–H groups in total. The molecule has 0 bridgehead atoms. The van der Waals surface area contributed by atoms with E-state index in [9.17, 15) is 12.8 Å². The molecule has 0 atom stereocenters. The van der Waals surface area contributed by atoms with E-state index >= 15 is 0 Å². The van der Waals surface area contributed by atoms with Crippen LogP contribution < -0.4 is 4.74 Å². The lowest BCUT2D eigenvalue weighted by Gasteiger charge is -2.02. The number of hydrogen-bond acceptors (Lipinski definition) is 3. The van der Waals surface area contributed by atoms with E-state index in [4.69, 9.17) is 4.74 Å². The number of methoxy groups -OCH3 is 1.